The Morgan fingerprint density at radius 3 is 2.45 bits per heavy atom. The largest absolute Gasteiger partial charge is 0.319 e. The lowest BCUT2D eigenvalue weighted by Gasteiger charge is -2.07. The Morgan fingerprint density at radius 2 is 1.77 bits per heavy atom. The van der Waals surface area contributed by atoms with E-state index >= 15 is 0 Å². The van der Waals surface area contributed by atoms with Crippen molar-refractivity contribution in [3.05, 3.63) is 80.5 Å². The number of hydrogen-bond donors (Lipinski definition) is 1. The van der Waals surface area contributed by atoms with Crippen LogP contribution in [0.1, 0.15) is 11.3 Å². The van der Waals surface area contributed by atoms with Gasteiger partial charge >= 0.3 is 0 Å². The minimum atomic E-state index is -0.403. The van der Waals surface area contributed by atoms with Crippen molar-refractivity contribution in [1.29, 1.82) is 0 Å². The summed E-state index contributed by atoms with van der Waals surface area (Å²) >= 11 is 11.9. The molecule has 3 rings (SSSR count). The molecule has 0 aliphatic heterocycles. The maximum Gasteiger partial charge on any atom is 0.274 e. The molecule has 1 aromatic heterocycles. The van der Waals surface area contributed by atoms with Crippen molar-refractivity contribution < 1.29 is 4.39 Å². The first-order valence-corrected chi connectivity index (χ1v) is 7.05. The number of fused-ring (bicyclic) bond motifs is 1. The average Bonchev–Trinajstić information content (AvgIpc) is 2.48. The van der Waals surface area contributed by atoms with Gasteiger partial charge in [-0.05, 0) is 29.8 Å². The monoisotopic (exact) mass is 334 g/mol. The van der Waals surface area contributed by atoms with Gasteiger partial charge in [0, 0.05) is 5.57 Å². The quantitative estimate of drug-likeness (QED) is 0.753. The molecule has 0 saturated heterocycles. The lowest BCUT2D eigenvalue weighted by Crippen LogP contribution is -2.14. The van der Waals surface area contributed by atoms with Gasteiger partial charge in [0.05, 0.1) is 21.1 Å². The number of rotatable bonds is 2. The van der Waals surface area contributed by atoms with Crippen LogP contribution in [0, 0.1) is 5.82 Å². The van der Waals surface area contributed by atoms with Gasteiger partial charge in [-0.15, -0.1) is 0 Å². The molecule has 0 atom stereocenters. The van der Waals surface area contributed by atoms with Crippen LogP contribution in [0.25, 0.3) is 16.6 Å². The highest BCUT2D eigenvalue weighted by Gasteiger charge is 2.12. The SMILES string of the molecule is C=C(c1ccc(F)cc1)c1nc2cc(Cl)c(Cl)cc2[nH]c1=O. The van der Waals surface area contributed by atoms with Crippen LogP contribution in [0.2, 0.25) is 10.0 Å². The van der Waals surface area contributed by atoms with E-state index in [0.717, 1.165) is 0 Å². The minimum absolute atomic E-state index is 0.150. The number of aromatic nitrogens is 2. The molecule has 1 N–H and O–H groups in total. The highest BCUT2D eigenvalue weighted by molar-refractivity contribution is 6.42. The van der Waals surface area contributed by atoms with Crippen LogP contribution in [0.5, 0.6) is 0 Å². The molecule has 1 heterocycles. The zero-order valence-electron chi connectivity index (χ0n) is 11.2. The van der Waals surface area contributed by atoms with Crippen LogP contribution >= 0.6 is 23.2 Å². The summed E-state index contributed by atoms with van der Waals surface area (Å²) < 4.78 is 13.0. The van der Waals surface area contributed by atoms with Gasteiger partial charge < -0.3 is 4.98 Å². The molecule has 0 aliphatic rings. The summed E-state index contributed by atoms with van der Waals surface area (Å²) in [5.41, 5.74) is 1.73. The molecule has 0 fully saturated rings. The molecule has 0 spiro atoms. The highest BCUT2D eigenvalue weighted by atomic mass is 35.5. The van der Waals surface area contributed by atoms with Gasteiger partial charge in [-0.25, -0.2) is 9.37 Å². The molecular formula is C16H9Cl2FN2O. The molecule has 0 aliphatic carbocycles. The first kappa shape index (κ1) is 14.8. The van der Waals surface area contributed by atoms with E-state index in [2.05, 4.69) is 16.5 Å². The first-order valence-electron chi connectivity index (χ1n) is 6.30. The number of benzene rings is 2. The lowest BCUT2D eigenvalue weighted by atomic mass is 10.0. The number of nitrogens with one attached hydrogen (secondary N) is 1. The zero-order chi connectivity index (χ0) is 15.9. The predicted octanol–water partition coefficient (Wildman–Crippen LogP) is 4.43. The van der Waals surface area contributed by atoms with E-state index in [9.17, 15) is 9.18 Å². The van der Waals surface area contributed by atoms with Gasteiger partial charge in [0.2, 0.25) is 0 Å². The fourth-order valence-corrected chi connectivity index (χ4v) is 2.40. The Hall–Kier alpha value is -2.17. The van der Waals surface area contributed by atoms with Crippen LogP contribution in [0.3, 0.4) is 0 Å². The standard InChI is InChI=1S/C16H9Cl2FN2O/c1-8(9-2-4-10(19)5-3-9)15-16(22)21-14-7-12(18)11(17)6-13(14)20-15/h2-7H,1H2,(H,21,22). The number of nitrogens with zero attached hydrogens (tertiary/aromatic N) is 1. The van der Waals surface area contributed by atoms with E-state index < -0.39 is 5.56 Å². The minimum Gasteiger partial charge on any atom is -0.319 e. The Kier molecular flexibility index (Phi) is 3.72. The van der Waals surface area contributed by atoms with E-state index in [4.69, 9.17) is 23.2 Å². The molecule has 3 nitrogen and oxygen atoms in total. The van der Waals surface area contributed by atoms with Crippen molar-refractivity contribution in [3.63, 3.8) is 0 Å². The van der Waals surface area contributed by atoms with Gasteiger partial charge in [0.15, 0.2) is 0 Å². The van der Waals surface area contributed by atoms with Crippen LogP contribution in [0.4, 0.5) is 4.39 Å². The Bertz CT molecular complexity index is 949. The second kappa shape index (κ2) is 5.55. The third kappa shape index (κ3) is 2.63. The smallest absolute Gasteiger partial charge is 0.274 e. The molecule has 2 aromatic carbocycles. The van der Waals surface area contributed by atoms with Crippen molar-refractivity contribution in [2.24, 2.45) is 0 Å². The number of hydrogen-bond acceptors (Lipinski definition) is 2. The Balaban J connectivity index is 2.16. The fraction of sp³-hybridized carbons (Fsp3) is 0. The molecule has 3 aromatic rings. The van der Waals surface area contributed by atoms with Crippen LogP contribution in [0.15, 0.2) is 47.8 Å². The van der Waals surface area contributed by atoms with Crippen molar-refractivity contribution in [2.45, 2.75) is 0 Å². The molecular weight excluding hydrogens is 326 g/mol. The summed E-state index contributed by atoms with van der Waals surface area (Å²) in [5, 5.41) is 0.670. The molecule has 0 amide bonds. The summed E-state index contributed by atoms with van der Waals surface area (Å²) in [6.45, 7) is 3.87. The van der Waals surface area contributed by atoms with Crippen LogP contribution in [-0.2, 0) is 0 Å². The molecule has 110 valence electrons. The summed E-state index contributed by atoms with van der Waals surface area (Å²) in [6, 6.07) is 8.78. The Labute approximate surface area is 135 Å². The van der Waals surface area contributed by atoms with Crippen LogP contribution in [-0.4, -0.2) is 9.97 Å². The van der Waals surface area contributed by atoms with Gasteiger partial charge in [0.1, 0.15) is 11.5 Å². The van der Waals surface area contributed by atoms with Crippen LogP contribution < -0.4 is 5.56 Å². The van der Waals surface area contributed by atoms with E-state index in [1.807, 2.05) is 0 Å². The summed E-state index contributed by atoms with van der Waals surface area (Å²) in [5.74, 6) is -0.363. The van der Waals surface area contributed by atoms with Gasteiger partial charge in [-0.1, -0.05) is 41.9 Å². The maximum absolute atomic E-state index is 13.0. The van der Waals surface area contributed by atoms with Gasteiger partial charge in [-0.2, -0.15) is 0 Å². The normalized spacial score (nSPS) is 10.9. The van der Waals surface area contributed by atoms with Crippen molar-refractivity contribution >= 4 is 39.8 Å². The van der Waals surface area contributed by atoms with Gasteiger partial charge in [0.25, 0.3) is 5.56 Å². The molecule has 0 saturated carbocycles. The third-order valence-corrected chi connectivity index (χ3v) is 3.93. The summed E-state index contributed by atoms with van der Waals surface area (Å²) in [6.07, 6.45) is 0. The topological polar surface area (TPSA) is 45.8 Å². The molecule has 22 heavy (non-hydrogen) atoms. The lowest BCUT2D eigenvalue weighted by molar-refractivity contribution is 0.627. The number of aromatic amines is 1. The highest BCUT2D eigenvalue weighted by Crippen LogP contribution is 2.26. The summed E-state index contributed by atoms with van der Waals surface area (Å²) in [7, 11) is 0. The molecule has 6 heteroatoms. The fourth-order valence-electron chi connectivity index (χ4n) is 2.07. The van der Waals surface area contributed by atoms with Crippen molar-refractivity contribution in [3.8, 4) is 0 Å². The second-order valence-electron chi connectivity index (χ2n) is 4.68. The van der Waals surface area contributed by atoms with E-state index in [-0.39, 0.29) is 11.5 Å². The van der Waals surface area contributed by atoms with Crippen molar-refractivity contribution in [1.82, 2.24) is 9.97 Å². The molecule has 0 unspecified atom stereocenters. The second-order valence-corrected chi connectivity index (χ2v) is 5.50. The van der Waals surface area contributed by atoms with Gasteiger partial charge in [-0.3, -0.25) is 4.79 Å². The third-order valence-electron chi connectivity index (χ3n) is 3.21. The average molecular weight is 335 g/mol. The summed E-state index contributed by atoms with van der Waals surface area (Å²) in [4.78, 5) is 19.2. The molecule has 0 radical (unpaired) electrons. The first-order chi connectivity index (χ1) is 10.5. The number of halogens is 3. The van der Waals surface area contributed by atoms with Crippen molar-refractivity contribution in [2.75, 3.05) is 0 Å². The number of H-pyrrole nitrogens is 1. The predicted molar refractivity (Wildman–Crippen MR) is 86.9 cm³/mol. The zero-order valence-corrected chi connectivity index (χ0v) is 12.7. The maximum atomic E-state index is 13.0. The van der Waals surface area contributed by atoms with E-state index in [0.29, 0.717) is 32.2 Å². The Morgan fingerprint density at radius 1 is 1.14 bits per heavy atom. The van der Waals surface area contributed by atoms with E-state index in [1.165, 1.54) is 30.3 Å². The molecule has 0 bridgehead atoms. The van der Waals surface area contributed by atoms with E-state index in [1.54, 1.807) is 6.07 Å².